The first kappa shape index (κ1) is 23.3. The van der Waals surface area contributed by atoms with Crippen LogP contribution in [0.1, 0.15) is 11.1 Å². The lowest BCUT2D eigenvalue weighted by atomic mass is 10.2. The van der Waals surface area contributed by atoms with Crippen molar-refractivity contribution in [1.29, 1.82) is 0 Å². The molecule has 32 heavy (non-hydrogen) atoms. The van der Waals surface area contributed by atoms with Gasteiger partial charge in [-0.05, 0) is 42.3 Å². The van der Waals surface area contributed by atoms with E-state index in [0.29, 0.717) is 11.4 Å². The van der Waals surface area contributed by atoms with Crippen molar-refractivity contribution in [1.82, 2.24) is 4.31 Å². The number of carbonyl (C=O) groups excluding carboxylic acids is 1. The van der Waals surface area contributed by atoms with Gasteiger partial charge in [0.25, 0.3) is 0 Å². The van der Waals surface area contributed by atoms with Gasteiger partial charge in [0.1, 0.15) is 0 Å². The summed E-state index contributed by atoms with van der Waals surface area (Å²) in [6.07, 6.45) is 0. The van der Waals surface area contributed by atoms with Crippen molar-refractivity contribution in [2.75, 3.05) is 26.1 Å². The number of aryl methyl sites for hydroxylation is 1. The van der Waals surface area contributed by atoms with Crippen LogP contribution in [0.3, 0.4) is 0 Å². The highest BCUT2D eigenvalue weighted by Gasteiger charge is 2.28. The molecule has 3 aromatic rings. The van der Waals surface area contributed by atoms with Crippen molar-refractivity contribution in [3.05, 3.63) is 83.9 Å². The first-order valence-electron chi connectivity index (χ1n) is 9.96. The van der Waals surface area contributed by atoms with Gasteiger partial charge in [-0.15, -0.1) is 0 Å². The topological polar surface area (TPSA) is 84.9 Å². The minimum atomic E-state index is -4.02. The third-order valence-corrected chi connectivity index (χ3v) is 6.60. The summed E-state index contributed by atoms with van der Waals surface area (Å²) in [4.78, 5) is 12.8. The molecule has 3 aromatic carbocycles. The van der Waals surface area contributed by atoms with Crippen LogP contribution in [0, 0.1) is 6.92 Å². The first-order valence-corrected chi connectivity index (χ1v) is 11.4. The fourth-order valence-electron chi connectivity index (χ4n) is 3.22. The Bertz CT molecular complexity index is 1180. The molecular formula is C24H26N2O5S. The van der Waals surface area contributed by atoms with E-state index < -0.39 is 15.9 Å². The SMILES string of the molecule is COc1ccc(S(=O)(=O)N(CC(=O)Nc2cccc(C)c2)Cc2ccccc2)cc1OC. The number of anilines is 1. The van der Waals surface area contributed by atoms with Crippen molar-refractivity contribution < 1.29 is 22.7 Å². The number of hydrogen-bond acceptors (Lipinski definition) is 5. The highest BCUT2D eigenvalue weighted by molar-refractivity contribution is 7.89. The quantitative estimate of drug-likeness (QED) is 0.531. The number of ether oxygens (including phenoxy) is 2. The van der Waals surface area contributed by atoms with E-state index in [9.17, 15) is 13.2 Å². The molecule has 0 heterocycles. The largest absolute Gasteiger partial charge is 0.493 e. The predicted molar refractivity (Wildman–Crippen MR) is 123 cm³/mol. The van der Waals surface area contributed by atoms with Crippen LogP contribution in [-0.4, -0.2) is 39.4 Å². The summed E-state index contributed by atoms with van der Waals surface area (Å²) in [5.74, 6) is 0.270. The summed E-state index contributed by atoms with van der Waals surface area (Å²) in [6.45, 7) is 1.61. The van der Waals surface area contributed by atoms with Gasteiger partial charge in [0.15, 0.2) is 11.5 Å². The zero-order valence-electron chi connectivity index (χ0n) is 18.2. The zero-order chi connectivity index (χ0) is 23.1. The van der Waals surface area contributed by atoms with Crippen LogP contribution in [0.25, 0.3) is 0 Å². The number of benzene rings is 3. The number of nitrogens with one attached hydrogen (secondary N) is 1. The number of amides is 1. The summed E-state index contributed by atoms with van der Waals surface area (Å²) < 4.78 is 38.6. The van der Waals surface area contributed by atoms with Gasteiger partial charge >= 0.3 is 0 Å². The minimum Gasteiger partial charge on any atom is -0.493 e. The van der Waals surface area contributed by atoms with E-state index in [1.165, 1.54) is 32.4 Å². The van der Waals surface area contributed by atoms with E-state index in [2.05, 4.69) is 5.32 Å². The lowest BCUT2D eigenvalue weighted by Crippen LogP contribution is -2.37. The summed E-state index contributed by atoms with van der Waals surface area (Å²) in [6, 6.07) is 20.8. The Labute approximate surface area is 188 Å². The number of hydrogen-bond donors (Lipinski definition) is 1. The molecule has 0 saturated carbocycles. The molecule has 1 amide bonds. The second-order valence-corrected chi connectivity index (χ2v) is 9.13. The first-order chi connectivity index (χ1) is 15.3. The van der Waals surface area contributed by atoms with Gasteiger partial charge < -0.3 is 14.8 Å². The number of methoxy groups -OCH3 is 2. The second-order valence-electron chi connectivity index (χ2n) is 7.19. The molecule has 0 aromatic heterocycles. The molecule has 168 valence electrons. The number of nitrogens with zero attached hydrogens (tertiary/aromatic N) is 1. The van der Waals surface area contributed by atoms with Crippen LogP contribution in [0.4, 0.5) is 5.69 Å². The van der Waals surface area contributed by atoms with Crippen LogP contribution in [-0.2, 0) is 21.4 Å². The Morgan fingerprint density at radius 2 is 1.62 bits per heavy atom. The summed E-state index contributed by atoms with van der Waals surface area (Å²) in [7, 11) is -1.10. The van der Waals surface area contributed by atoms with Gasteiger partial charge in [-0.3, -0.25) is 4.79 Å². The third-order valence-electron chi connectivity index (χ3n) is 4.82. The van der Waals surface area contributed by atoms with Crippen LogP contribution in [0.2, 0.25) is 0 Å². The molecule has 0 aliphatic heterocycles. The predicted octanol–water partition coefficient (Wildman–Crippen LogP) is 3.84. The lowest BCUT2D eigenvalue weighted by Gasteiger charge is -2.22. The molecule has 1 N–H and O–H groups in total. The fourth-order valence-corrected chi connectivity index (χ4v) is 4.62. The minimum absolute atomic E-state index is 0.00874. The molecule has 3 rings (SSSR count). The van der Waals surface area contributed by atoms with Crippen molar-refractivity contribution in [3.8, 4) is 11.5 Å². The maximum absolute atomic E-state index is 13.5. The van der Waals surface area contributed by atoms with E-state index in [-0.39, 0.29) is 23.7 Å². The Morgan fingerprint density at radius 1 is 0.906 bits per heavy atom. The smallest absolute Gasteiger partial charge is 0.243 e. The Kier molecular flexibility index (Phi) is 7.50. The van der Waals surface area contributed by atoms with E-state index in [1.54, 1.807) is 6.07 Å². The van der Waals surface area contributed by atoms with Crippen LogP contribution in [0.5, 0.6) is 11.5 Å². The number of sulfonamides is 1. The molecule has 0 bridgehead atoms. The van der Waals surface area contributed by atoms with E-state index >= 15 is 0 Å². The Morgan fingerprint density at radius 3 is 2.28 bits per heavy atom. The summed E-state index contributed by atoms with van der Waals surface area (Å²) in [5.41, 5.74) is 2.36. The molecule has 0 aliphatic carbocycles. The van der Waals surface area contributed by atoms with E-state index in [4.69, 9.17) is 9.47 Å². The van der Waals surface area contributed by atoms with Crippen molar-refractivity contribution in [2.24, 2.45) is 0 Å². The highest BCUT2D eigenvalue weighted by atomic mass is 32.2. The maximum atomic E-state index is 13.5. The summed E-state index contributed by atoms with van der Waals surface area (Å²) >= 11 is 0. The molecule has 7 nitrogen and oxygen atoms in total. The molecule has 8 heteroatoms. The Balaban J connectivity index is 1.91. The van der Waals surface area contributed by atoms with Gasteiger partial charge in [-0.2, -0.15) is 4.31 Å². The van der Waals surface area contributed by atoms with Crippen LogP contribution < -0.4 is 14.8 Å². The van der Waals surface area contributed by atoms with Crippen molar-refractivity contribution in [3.63, 3.8) is 0 Å². The third kappa shape index (κ3) is 5.66. The molecule has 0 radical (unpaired) electrons. The van der Waals surface area contributed by atoms with Gasteiger partial charge in [0.05, 0.1) is 25.7 Å². The standard InChI is InChI=1S/C24H26N2O5S/c1-18-8-7-11-20(14-18)25-24(27)17-26(16-19-9-5-4-6-10-19)32(28,29)21-12-13-22(30-2)23(15-21)31-3/h4-15H,16-17H2,1-3H3,(H,25,27). The second kappa shape index (κ2) is 10.3. The monoisotopic (exact) mass is 454 g/mol. The van der Waals surface area contributed by atoms with E-state index in [1.807, 2.05) is 55.5 Å². The van der Waals surface area contributed by atoms with Crippen LogP contribution >= 0.6 is 0 Å². The van der Waals surface area contributed by atoms with Gasteiger partial charge in [-0.1, -0.05) is 42.5 Å². The maximum Gasteiger partial charge on any atom is 0.243 e. The molecule has 0 saturated heterocycles. The average molecular weight is 455 g/mol. The van der Waals surface area contributed by atoms with Crippen molar-refractivity contribution >= 4 is 21.6 Å². The van der Waals surface area contributed by atoms with Crippen LogP contribution in [0.15, 0.2) is 77.7 Å². The molecule has 0 aliphatic rings. The normalized spacial score (nSPS) is 11.2. The van der Waals surface area contributed by atoms with Gasteiger partial charge in [-0.25, -0.2) is 8.42 Å². The molecule has 0 fully saturated rings. The number of carbonyl (C=O) groups is 1. The molecular weight excluding hydrogens is 428 g/mol. The Hall–Kier alpha value is -3.36. The number of rotatable bonds is 9. The summed E-state index contributed by atoms with van der Waals surface area (Å²) in [5, 5.41) is 2.77. The van der Waals surface area contributed by atoms with Crippen molar-refractivity contribution in [2.45, 2.75) is 18.4 Å². The highest BCUT2D eigenvalue weighted by Crippen LogP contribution is 2.31. The van der Waals surface area contributed by atoms with Gasteiger partial charge in [0.2, 0.25) is 15.9 Å². The lowest BCUT2D eigenvalue weighted by molar-refractivity contribution is -0.116. The molecule has 0 unspecified atom stereocenters. The fraction of sp³-hybridized carbons (Fsp3) is 0.208. The average Bonchev–Trinajstić information content (AvgIpc) is 2.78. The van der Waals surface area contributed by atoms with Gasteiger partial charge in [0, 0.05) is 18.3 Å². The van der Waals surface area contributed by atoms with E-state index in [0.717, 1.165) is 15.4 Å². The molecule has 0 spiro atoms. The zero-order valence-corrected chi connectivity index (χ0v) is 19.1. The molecule has 0 atom stereocenters.